The SMILES string of the molecule is Cc1cccc2c(=O)n(CCCC(=O)Nc3nc(-c4ccc(F)c(F)c4)cs3)cnc12. The van der Waals surface area contributed by atoms with E-state index in [1.54, 1.807) is 11.4 Å². The number of rotatable bonds is 6. The highest BCUT2D eigenvalue weighted by Gasteiger charge is 2.11. The van der Waals surface area contributed by atoms with Crippen molar-refractivity contribution < 1.29 is 13.6 Å². The van der Waals surface area contributed by atoms with E-state index in [0.29, 0.717) is 40.3 Å². The molecule has 31 heavy (non-hydrogen) atoms. The monoisotopic (exact) mass is 440 g/mol. The molecule has 9 heteroatoms. The van der Waals surface area contributed by atoms with Gasteiger partial charge in [0.25, 0.3) is 5.56 Å². The molecule has 6 nitrogen and oxygen atoms in total. The molecule has 158 valence electrons. The normalized spacial score (nSPS) is 11.1. The van der Waals surface area contributed by atoms with Gasteiger partial charge in [-0.25, -0.2) is 18.7 Å². The minimum Gasteiger partial charge on any atom is -0.302 e. The Morgan fingerprint density at radius 2 is 2.03 bits per heavy atom. The number of carbonyl (C=O) groups excluding carboxylic acids is 1. The first-order valence-electron chi connectivity index (χ1n) is 9.58. The average molecular weight is 440 g/mol. The van der Waals surface area contributed by atoms with Crippen LogP contribution in [0.4, 0.5) is 13.9 Å². The van der Waals surface area contributed by atoms with Crippen LogP contribution in [0.5, 0.6) is 0 Å². The summed E-state index contributed by atoms with van der Waals surface area (Å²) in [5, 5.41) is 5.27. The number of thiazole rings is 1. The topological polar surface area (TPSA) is 76.9 Å². The largest absolute Gasteiger partial charge is 0.302 e. The van der Waals surface area contributed by atoms with Gasteiger partial charge in [0.2, 0.25) is 5.91 Å². The van der Waals surface area contributed by atoms with Crippen LogP contribution in [0.15, 0.2) is 52.9 Å². The Kier molecular flexibility index (Phi) is 5.85. The molecular formula is C22H18F2N4O2S. The number of carbonyl (C=O) groups is 1. The number of fused-ring (bicyclic) bond motifs is 1. The van der Waals surface area contributed by atoms with Crippen molar-refractivity contribution >= 4 is 33.3 Å². The van der Waals surface area contributed by atoms with E-state index in [1.165, 1.54) is 28.3 Å². The minimum atomic E-state index is -0.954. The van der Waals surface area contributed by atoms with Crippen LogP contribution < -0.4 is 10.9 Å². The van der Waals surface area contributed by atoms with Gasteiger partial charge in [-0.3, -0.25) is 14.2 Å². The Bertz CT molecular complexity index is 1330. The molecule has 0 spiro atoms. The number of anilines is 1. The smallest absolute Gasteiger partial charge is 0.261 e. The summed E-state index contributed by atoms with van der Waals surface area (Å²) in [5.74, 6) is -2.13. The number of nitrogens with zero attached hydrogens (tertiary/aromatic N) is 3. The summed E-state index contributed by atoms with van der Waals surface area (Å²) in [7, 11) is 0. The molecular weight excluding hydrogens is 422 g/mol. The van der Waals surface area contributed by atoms with Gasteiger partial charge in [-0.2, -0.15) is 0 Å². The molecule has 0 aliphatic rings. The third kappa shape index (κ3) is 4.51. The van der Waals surface area contributed by atoms with E-state index in [0.717, 1.165) is 17.7 Å². The fourth-order valence-electron chi connectivity index (χ4n) is 3.21. The van der Waals surface area contributed by atoms with Crippen LogP contribution in [0.2, 0.25) is 0 Å². The van der Waals surface area contributed by atoms with Crippen LogP contribution in [-0.4, -0.2) is 20.4 Å². The molecule has 2 heterocycles. The second kappa shape index (κ2) is 8.73. The zero-order chi connectivity index (χ0) is 22.0. The molecule has 0 aliphatic heterocycles. The fraction of sp³-hybridized carbons (Fsp3) is 0.182. The van der Waals surface area contributed by atoms with E-state index < -0.39 is 11.6 Å². The highest BCUT2D eigenvalue weighted by molar-refractivity contribution is 7.14. The van der Waals surface area contributed by atoms with Crippen LogP contribution in [0.3, 0.4) is 0 Å². The Hall–Kier alpha value is -3.46. The summed E-state index contributed by atoms with van der Waals surface area (Å²) in [4.78, 5) is 33.4. The number of benzene rings is 2. The van der Waals surface area contributed by atoms with Gasteiger partial charge in [-0.15, -0.1) is 11.3 Å². The Morgan fingerprint density at radius 3 is 2.84 bits per heavy atom. The second-order valence-corrected chi connectivity index (χ2v) is 7.89. The van der Waals surface area contributed by atoms with Crippen LogP contribution in [0.1, 0.15) is 18.4 Å². The Balaban J connectivity index is 1.35. The van der Waals surface area contributed by atoms with Crippen LogP contribution in [0.25, 0.3) is 22.2 Å². The molecule has 0 unspecified atom stereocenters. The first-order chi connectivity index (χ1) is 14.9. The molecule has 0 saturated carbocycles. The number of hydrogen-bond acceptors (Lipinski definition) is 5. The molecule has 4 rings (SSSR count). The number of aryl methyl sites for hydroxylation is 2. The van der Waals surface area contributed by atoms with Gasteiger partial charge >= 0.3 is 0 Å². The zero-order valence-electron chi connectivity index (χ0n) is 16.6. The number of hydrogen-bond donors (Lipinski definition) is 1. The second-order valence-electron chi connectivity index (χ2n) is 7.03. The van der Waals surface area contributed by atoms with Crippen LogP contribution in [-0.2, 0) is 11.3 Å². The number of nitrogens with one attached hydrogen (secondary N) is 1. The maximum atomic E-state index is 13.4. The number of para-hydroxylation sites is 1. The van der Waals surface area contributed by atoms with Crippen molar-refractivity contribution in [2.24, 2.45) is 0 Å². The number of aromatic nitrogens is 3. The lowest BCUT2D eigenvalue weighted by Crippen LogP contribution is -2.22. The van der Waals surface area contributed by atoms with Crippen molar-refractivity contribution in [2.75, 3.05) is 5.32 Å². The number of amides is 1. The van der Waals surface area contributed by atoms with Gasteiger partial charge in [-0.05, 0) is 43.2 Å². The third-order valence-electron chi connectivity index (χ3n) is 4.82. The average Bonchev–Trinajstić information content (AvgIpc) is 3.20. The quantitative estimate of drug-likeness (QED) is 0.478. The van der Waals surface area contributed by atoms with Crippen molar-refractivity contribution in [1.82, 2.24) is 14.5 Å². The lowest BCUT2D eigenvalue weighted by Gasteiger charge is -2.07. The predicted molar refractivity (Wildman–Crippen MR) is 116 cm³/mol. The third-order valence-corrected chi connectivity index (χ3v) is 5.58. The van der Waals surface area contributed by atoms with Crippen molar-refractivity contribution in [1.29, 1.82) is 0 Å². The highest BCUT2D eigenvalue weighted by atomic mass is 32.1. The first-order valence-corrected chi connectivity index (χ1v) is 10.5. The van der Waals surface area contributed by atoms with Crippen molar-refractivity contribution in [2.45, 2.75) is 26.3 Å². The van der Waals surface area contributed by atoms with Gasteiger partial charge in [0, 0.05) is 23.9 Å². The molecule has 0 aliphatic carbocycles. The standard InChI is InChI=1S/C22H18F2N4O2S/c1-13-4-2-5-15-20(13)25-12-28(21(15)30)9-3-6-19(29)27-22-26-18(11-31-22)14-7-8-16(23)17(24)10-14/h2,4-5,7-8,10-12H,3,6,9H2,1H3,(H,26,27,29). The molecule has 4 aromatic rings. The molecule has 1 amide bonds. The summed E-state index contributed by atoms with van der Waals surface area (Å²) in [6.45, 7) is 2.27. The van der Waals surface area contributed by atoms with Crippen molar-refractivity contribution in [3.05, 3.63) is 75.7 Å². The maximum Gasteiger partial charge on any atom is 0.261 e. The summed E-state index contributed by atoms with van der Waals surface area (Å²) in [5.41, 5.74) is 2.36. The van der Waals surface area contributed by atoms with Gasteiger partial charge in [-0.1, -0.05) is 12.1 Å². The molecule has 2 aromatic carbocycles. The number of halogens is 2. The lowest BCUT2D eigenvalue weighted by atomic mass is 10.1. The Labute approximate surface area is 180 Å². The molecule has 0 atom stereocenters. The van der Waals surface area contributed by atoms with E-state index >= 15 is 0 Å². The van der Waals surface area contributed by atoms with E-state index in [4.69, 9.17) is 0 Å². The minimum absolute atomic E-state index is 0.134. The van der Waals surface area contributed by atoms with E-state index in [-0.39, 0.29) is 17.9 Å². The van der Waals surface area contributed by atoms with Crippen LogP contribution in [0, 0.1) is 18.6 Å². The predicted octanol–water partition coefficient (Wildman–Crippen LogP) is 4.53. The van der Waals surface area contributed by atoms with E-state index in [2.05, 4.69) is 15.3 Å². The molecule has 0 fully saturated rings. The zero-order valence-corrected chi connectivity index (χ0v) is 17.4. The van der Waals surface area contributed by atoms with E-state index in [9.17, 15) is 18.4 Å². The fourth-order valence-corrected chi connectivity index (χ4v) is 3.94. The molecule has 0 bridgehead atoms. The Morgan fingerprint density at radius 1 is 1.19 bits per heavy atom. The summed E-state index contributed by atoms with van der Waals surface area (Å²) in [6.07, 6.45) is 2.15. The maximum absolute atomic E-state index is 13.4. The van der Waals surface area contributed by atoms with Crippen molar-refractivity contribution in [3.63, 3.8) is 0 Å². The molecule has 2 aromatic heterocycles. The summed E-state index contributed by atoms with van der Waals surface area (Å²) < 4.78 is 28.0. The van der Waals surface area contributed by atoms with Gasteiger partial charge in [0.15, 0.2) is 16.8 Å². The van der Waals surface area contributed by atoms with Crippen LogP contribution >= 0.6 is 11.3 Å². The van der Waals surface area contributed by atoms with Crippen molar-refractivity contribution in [3.8, 4) is 11.3 Å². The lowest BCUT2D eigenvalue weighted by molar-refractivity contribution is -0.116. The summed E-state index contributed by atoms with van der Waals surface area (Å²) >= 11 is 1.19. The highest BCUT2D eigenvalue weighted by Crippen LogP contribution is 2.26. The summed E-state index contributed by atoms with van der Waals surface area (Å²) in [6, 6.07) is 8.99. The van der Waals surface area contributed by atoms with Gasteiger partial charge in [0.1, 0.15) is 0 Å². The van der Waals surface area contributed by atoms with Gasteiger partial charge < -0.3 is 5.32 Å². The molecule has 1 N–H and O–H groups in total. The molecule has 0 radical (unpaired) electrons. The first kappa shape index (κ1) is 20.8. The van der Waals surface area contributed by atoms with Gasteiger partial charge in [0.05, 0.1) is 22.9 Å². The van der Waals surface area contributed by atoms with E-state index in [1.807, 2.05) is 19.1 Å². The molecule has 0 saturated heterocycles.